The summed E-state index contributed by atoms with van der Waals surface area (Å²) >= 11 is 7.61. The van der Waals surface area contributed by atoms with Gasteiger partial charge in [-0.1, -0.05) is 55.3 Å². The van der Waals surface area contributed by atoms with Crippen LogP contribution in [0.2, 0.25) is 5.02 Å². The van der Waals surface area contributed by atoms with Gasteiger partial charge in [0, 0.05) is 34.3 Å². The van der Waals surface area contributed by atoms with Gasteiger partial charge in [-0.2, -0.15) is 0 Å². The van der Waals surface area contributed by atoms with Gasteiger partial charge in [0.1, 0.15) is 0 Å². The fourth-order valence-corrected chi connectivity index (χ4v) is 3.28. The number of carbonyl (C=O) groups is 1. The summed E-state index contributed by atoms with van der Waals surface area (Å²) in [6.07, 6.45) is 2.43. The molecule has 0 saturated carbocycles. The molecule has 1 atom stereocenters. The Labute approximate surface area is 153 Å². The number of halogens is 1. The Bertz CT molecular complexity index is 613. The molecule has 24 heavy (non-hydrogen) atoms. The van der Waals surface area contributed by atoms with E-state index in [1.54, 1.807) is 11.8 Å². The van der Waals surface area contributed by atoms with Crippen LogP contribution in [0.25, 0.3) is 0 Å². The van der Waals surface area contributed by atoms with Crippen LogP contribution in [0.15, 0.2) is 59.5 Å². The minimum Gasteiger partial charge on any atom is -0.377 e. The first-order chi connectivity index (χ1) is 11.7. The molecule has 0 aliphatic carbocycles. The van der Waals surface area contributed by atoms with Crippen LogP contribution in [0.4, 0.5) is 0 Å². The highest BCUT2D eigenvalue weighted by Crippen LogP contribution is 2.23. The van der Waals surface area contributed by atoms with Crippen LogP contribution >= 0.6 is 23.4 Å². The Morgan fingerprint density at radius 2 is 1.83 bits per heavy atom. The molecule has 128 valence electrons. The van der Waals surface area contributed by atoms with Gasteiger partial charge in [0.05, 0.1) is 6.10 Å². The molecular weight excluding hydrogens is 340 g/mol. The molecule has 0 N–H and O–H groups in total. The zero-order valence-corrected chi connectivity index (χ0v) is 15.5. The average molecular weight is 363 g/mol. The number of ketones is 1. The summed E-state index contributed by atoms with van der Waals surface area (Å²) in [5, 5.41) is 0.731. The van der Waals surface area contributed by atoms with Gasteiger partial charge in [0.15, 0.2) is 5.78 Å². The van der Waals surface area contributed by atoms with Crippen molar-refractivity contribution in [3.8, 4) is 0 Å². The number of hydrogen-bond donors (Lipinski definition) is 0. The van der Waals surface area contributed by atoms with Gasteiger partial charge < -0.3 is 4.74 Å². The normalized spacial score (nSPS) is 12.1. The zero-order chi connectivity index (χ0) is 17.2. The van der Waals surface area contributed by atoms with E-state index < -0.39 is 0 Å². The smallest absolute Gasteiger partial charge is 0.165 e. The highest BCUT2D eigenvalue weighted by Gasteiger charge is 2.16. The van der Waals surface area contributed by atoms with Crippen molar-refractivity contribution in [2.45, 2.75) is 37.2 Å². The van der Waals surface area contributed by atoms with E-state index in [1.807, 2.05) is 54.6 Å². The number of carbonyl (C=O) groups excluding carboxylic acids is 1. The predicted molar refractivity (Wildman–Crippen MR) is 102 cm³/mol. The number of benzene rings is 2. The molecule has 0 aliphatic heterocycles. The maximum absolute atomic E-state index is 12.4. The highest BCUT2D eigenvalue weighted by atomic mass is 35.5. The molecule has 0 amide bonds. The lowest BCUT2D eigenvalue weighted by atomic mass is 10.1. The molecule has 4 heteroatoms. The first-order valence-corrected chi connectivity index (χ1v) is 9.63. The molecule has 2 nitrogen and oxygen atoms in total. The summed E-state index contributed by atoms with van der Waals surface area (Å²) in [6.45, 7) is 2.83. The predicted octanol–water partition coefficient (Wildman–Crippen LogP) is 5.89. The van der Waals surface area contributed by atoms with Crippen LogP contribution in [-0.2, 0) is 4.74 Å². The Morgan fingerprint density at radius 3 is 2.50 bits per heavy atom. The van der Waals surface area contributed by atoms with Crippen molar-refractivity contribution in [1.29, 1.82) is 0 Å². The van der Waals surface area contributed by atoms with Gasteiger partial charge in [-0.05, 0) is 30.7 Å². The van der Waals surface area contributed by atoms with Crippen molar-refractivity contribution in [3.63, 3.8) is 0 Å². The molecule has 2 aromatic rings. The zero-order valence-electron chi connectivity index (χ0n) is 13.9. The second-order valence-electron chi connectivity index (χ2n) is 5.60. The fourth-order valence-electron chi connectivity index (χ4n) is 2.23. The number of ether oxygens (including phenoxy) is 1. The third-order valence-corrected chi connectivity index (χ3v) is 5.01. The Morgan fingerprint density at radius 1 is 1.12 bits per heavy atom. The van der Waals surface area contributed by atoms with Gasteiger partial charge in [-0.3, -0.25) is 4.79 Å². The van der Waals surface area contributed by atoms with Crippen molar-refractivity contribution >= 4 is 29.1 Å². The molecule has 0 spiro atoms. The van der Waals surface area contributed by atoms with Crippen LogP contribution in [0, 0.1) is 0 Å². The summed E-state index contributed by atoms with van der Waals surface area (Å²) in [7, 11) is 0. The summed E-state index contributed by atoms with van der Waals surface area (Å²) in [5.41, 5.74) is 0.748. The quantitative estimate of drug-likeness (QED) is 0.299. The minimum absolute atomic E-state index is 0.0788. The number of hydrogen-bond acceptors (Lipinski definition) is 3. The third kappa shape index (κ3) is 6.68. The lowest BCUT2D eigenvalue weighted by Crippen LogP contribution is -2.21. The monoisotopic (exact) mass is 362 g/mol. The second kappa shape index (κ2) is 10.5. The highest BCUT2D eigenvalue weighted by molar-refractivity contribution is 7.99. The summed E-state index contributed by atoms with van der Waals surface area (Å²) in [5.74, 6) is 0.887. The molecular formula is C20H23ClO2S. The molecule has 0 radical (unpaired) electrons. The first kappa shape index (κ1) is 19.0. The maximum atomic E-state index is 12.4. The Kier molecular flexibility index (Phi) is 8.37. The summed E-state index contributed by atoms with van der Waals surface area (Å²) in [4.78, 5) is 13.6. The van der Waals surface area contributed by atoms with Gasteiger partial charge in [-0.25, -0.2) is 0 Å². The minimum atomic E-state index is -0.0788. The molecule has 1 unspecified atom stereocenters. The van der Waals surface area contributed by atoms with E-state index >= 15 is 0 Å². The molecule has 0 saturated heterocycles. The van der Waals surface area contributed by atoms with E-state index in [4.69, 9.17) is 16.3 Å². The first-order valence-electron chi connectivity index (χ1n) is 8.27. The Balaban J connectivity index is 1.93. The van der Waals surface area contributed by atoms with Crippen LogP contribution in [0.1, 0.15) is 36.5 Å². The maximum Gasteiger partial charge on any atom is 0.165 e. The van der Waals surface area contributed by atoms with Crippen molar-refractivity contribution in [2.75, 3.05) is 12.4 Å². The summed E-state index contributed by atoms with van der Waals surface area (Å²) in [6, 6.07) is 17.2. The van der Waals surface area contributed by atoms with Crippen molar-refractivity contribution in [2.24, 2.45) is 0 Å². The standard InChI is InChI=1S/C20H23ClO2S/c1-2-3-13-23-18(14-20(22)16-7-5-4-6-8-16)15-24-19-11-9-17(21)10-12-19/h4-12,18H,2-3,13-15H2,1H3. The van der Waals surface area contributed by atoms with Crippen molar-refractivity contribution in [1.82, 2.24) is 0 Å². The molecule has 0 aromatic heterocycles. The molecule has 0 aliphatic rings. The SMILES string of the molecule is CCCCOC(CSc1ccc(Cl)cc1)CC(=O)c1ccccc1. The fraction of sp³-hybridized carbons (Fsp3) is 0.350. The van der Waals surface area contributed by atoms with E-state index in [2.05, 4.69) is 6.92 Å². The lowest BCUT2D eigenvalue weighted by molar-refractivity contribution is 0.0551. The molecule has 0 bridgehead atoms. The largest absolute Gasteiger partial charge is 0.377 e. The van der Waals surface area contributed by atoms with E-state index in [1.165, 1.54) is 0 Å². The third-order valence-electron chi connectivity index (χ3n) is 3.61. The van der Waals surface area contributed by atoms with Crippen molar-refractivity contribution in [3.05, 3.63) is 65.2 Å². The number of thioether (sulfide) groups is 1. The second-order valence-corrected chi connectivity index (χ2v) is 7.13. The van der Waals surface area contributed by atoms with Crippen LogP contribution < -0.4 is 0 Å². The van der Waals surface area contributed by atoms with Crippen molar-refractivity contribution < 1.29 is 9.53 Å². The lowest BCUT2D eigenvalue weighted by Gasteiger charge is -2.17. The number of Topliss-reactive ketones (excluding diaryl/α,β-unsaturated/α-hetero) is 1. The van der Waals surface area contributed by atoms with E-state index in [0.717, 1.165) is 34.1 Å². The number of rotatable bonds is 10. The molecule has 0 heterocycles. The Hall–Kier alpha value is -1.29. The van der Waals surface area contributed by atoms with E-state index in [9.17, 15) is 4.79 Å². The molecule has 0 fully saturated rings. The average Bonchev–Trinajstić information content (AvgIpc) is 2.61. The summed E-state index contributed by atoms with van der Waals surface area (Å²) < 4.78 is 5.95. The van der Waals surface area contributed by atoms with Crippen LogP contribution in [0.3, 0.4) is 0 Å². The van der Waals surface area contributed by atoms with Crippen LogP contribution in [-0.4, -0.2) is 24.2 Å². The van der Waals surface area contributed by atoms with Crippen LogP contribution in [0.5, 0.6) is 0 Å². The van der Waals surface area contributed by atoms with E-state index in [-0.39, 0.29) is 11.9 Å². The van der Waals surface area contributed by atoms with Gasteiger partial charge >= 0.3 is 0 Å². The molecule has 2 aromatic carbocycles. The number of unbranched alkanes of at least 4 members (excludes halogenated alkanes) is 1. The molecule has 2 rings (SSSR count). The van der Waals surface area contributed by atoms with Gasteiger partial charge in [0.25, 0.3) is 0 Å². The topological polar surface area (TPSA) is 26.3 Å². The van der Waals surface area contributed by atoms with E-state index in [0.29, 0.717) is 13.0 Å². The van der Waals surface area contributed by atoms with Gasteiger partial charge in [0.2, 0.25) is 0 Å². The van der Waals surface area contributed by atoms with Gasteiger partial charge in [-0.15, -0.1) is 11.8 Å².